The van der Waals surface area contributed by atoms with Crippen molar-refractivity contribution in [2.75, 3.05) is 23.8 Å². The molecule has 0 aliphatic carbocycles. The lowest BCUT2D eigenvalue weighted by atomic mass is 10.2. The molecular weight excluding hydrogens is 220 g/mol. The number of nitrogens with two attached hydrogens (primary N) is 1. The van der Waals surface area contributed by atoms with E-state index in [9.17, 15) is 4.79 Å². The van der Waals surface area contributed by atoms with E-state index in [1.165, 1.54) is 0 Å². The van der Waals surface area contributed by atoms with E-state index in [2.05, 4.69) is 11.2 Å². The van der Waals surface area contributed by atoms with Crippen LogP contribution in [0.2, 0.25) is 0 Å². The summed E-state index contributed by atoms with van der Waals surface area (Å²) in [5.41, 5.74) is 6.76. The van der Waals surface area contributed by atoms with Gasteiger partial charge in [0.15, 0.2) is 0 Å². The third-order valence-corrected chi connectivity index (χ3v) is 2.73. The highest BCUT2D eigenvalue weighted by atomic mass is 32.2. The van der Waals surface area contributed by atoms with Crippen molar-refractivity contribution in [2.45, 2.75) is 0 Å². The van der Waals surface area contributed by atoms with Crippen LogP contribution in [0.1, 0.15) is 10.4 Å². The summed E-state index contributed by atoms with van der Waals surface area (Å²) in [5, 5.41) is 2.80. The van der Waals surface area contributed by atoms with Gasteiger partial charge in [0, 0.05) is 23.5 Å². The summed E-state index contributed by atoms with van der Waals surface area (Å²) in [6, 6.07) is 6.90. The molecule has 0 aliphatic rings. The molecule has 3 N–H and O–H groups in total. The molecule has 1 aromatic rings. The van der Waals surface area contributed by atoms with E-state index in [0.29, 0.717) is 23.5 Å². The van der Waals surface area contributed by atoms with Crippen molar-refractivity contribution in [3.63, 3.8) is 0 Å². The number of hydrogen-bond donors (Lipinski definition) is 2. The molecular formula is C12H14N2OS. The van der Waals surface area contributed by atoms with E-state index in [4.69, 9.17) is 12.2 Å². The zero-order chi connectivity index (χ0) is 11.8. The number of amides is 1. The molecule has 0 saturated carbocycles. The number of nitrogens with one attached hydrogen (secondary N) is 1. The van der Waals surface area contributed by atoms with E-state index < -0.39 is 0 Å². The van der Waals surface area contributed by atoms with Crippen LogP contribution in [0.15, 0.2) is 24.3 Å². The molecule has 0 aromatic heterocycles. The number of carbonyl (C=O) groups is 1. The predicted octanol–water partition coefficient (Wildman–Crippen LogP) is 1.36. The highest BCUT2D eigenvalue weighted by molar-refractivity contribution is 7.99. The van der Waals surface area contributed by atoms with Crippen LogP contribution in [-0.4, -0.2) is 24.0 Å². The SMILES string of the molecule is C#CCSCCNC(=O)c1cccc(N)c1. The Labute approximate surface area is 99.8 Å². The molecule has 16 heavy (non-hydrogen) atoms. The molecule has 4 heteroatoms. The van der Waals surface area contributed by atoms with Crippen molar-refractivity contribution in [1.29, 1.82) is 0 Å². The van der Waals surface area contributed by atoms with E-state index in [0.717, 1.165) is 5.75 Å². The molecule has 0 bridgehead atoms. The Kier molecular flexibility index (Phi) is 5.30. The molecule has 1 aromatic carbocycles. The minimum atomic E-state index is -0.103. The Morgan fingerprint density at radius 3 is 3.06 bits per heavy atom. The zero-order valence-electron chi connectivity index (χ0n) is 8.90. The minimum Gasteiger partial charge on any atom is -0.399 e. The maximum Gasteiger partial charge on any atom is 0.251 e. The molecule has 0 aliphatic heterocycles. The van der Waals surface area contributed by atoms with Gasteiger partial charge in [-0.1, -0.05) is 12.0 Å². The summed E-state index contributed by atoms with van der Waals surface area (Å²) in [6.07, 6.45) is 5.11. The smallest absolute Gasteiger partial charge is 0.251 e. The van der Waals surface area contributed by atoms with Gasteiger partial charge in [0.25, 0.3) is 5.91 Å². The summed E-state index contributed by atoms with van der Waals surface area (Å²) < 4.78 is 0. The van der Waals surface area contributed by atoms with Gasteiger partial charge in [-0.2, -0.15) is 0 Å². The maximum absolute atomic E-state index is 11.6. The van der Waals surface area contributed by atoms with Gasteiger partial charge in [0.1, 0.15) is 0 Å². The van der Waals surface area contributed by atoms with Gasteiger partial charge < -0.3 is 11.1 Å². The Morgan fingerprint density at radius 1 is 1.56 bits per heavy atom. The first-order valence-corrected chi connectivity index (χ1v) is 6.04. The minimum absolute atomic E-state index is 0.103. The fourth-order valence-corrected chi connectivity index (χ4v) is 1.66. The van der Waals surface area contributed by atoms with Gasteiger partial charge in [0.2, 0.25) is 0 Å². The van der Waals surface area contributed by atoms with Crippen molar-refractivity contribution in [3.05, 3.63) is 29.8 Å². The second-order valence-corrected chi connectivity index (χ2v) is 4.24. The standard InChI is InChI=1S/C12H14N2OS/c1-2-7-16-8-6-14-12(15)10-4-3-5-11(13)9-10/h1,3-5,9H,6-8,13H2,(H,14,15). The summed E-state index contributed by atoms with van der Waals surface area (Å²) in [7, 11) is 0. The molecule has 0 atom stereocenters. The van der Waals surface area contributed by atoms with E-state index >= 15 is 0 Å². The third kappa shape index (κ3) is 4.28. The van der Waals surface area contributed by atoms with Crippen molar-refractivity contribution in [2.24, 2.45) is 0 Å². The molecule has 0 saturated heterocycles. The van der Waals surface area contributed by atoms with Gasteiger partial charge in [-0.3, -0.25) is 4.79 Å². The van der Waals surface area contributed by atoms with Gasteiger partial charge in [-0.05, 0) is 18.2 Å². The molecule has 0 radical (unpaired) electrons. The van der Waals surface area contributed by atoms with E-state index in [-0.39, 0.29) is 5.91 Å². The number of hydrogen-bond acceptors (Lipinski definition) is 3. The van der Waals surface area contributed by atoms with Crippen molar-refractivity contribution >= 4 is 23.4 Å². The first-order valence-electron chi connectivity index (χ1n) is 4.89. The van der Waals surface area contributed by atoms with Gasteiger partial charge in [-0.25, -0.2) is 0 Å². The summed E-state index contributed by atoms with van der Waals surface area (Å²) >= 11 is 1.62. The van der Waals surface area contributed by atoms with Crippen molar-refractivity contribution in [3.8, 4) is 12.3 Å². The fourth-order valence-electron chi connectivity index (χ4n) is 1.15. The molecule has 0 heterocycles. The highest BCUT2D eigenvalue weighted by Gasteiger charge is 2.03. The number of carbonyl (C=O) groups excluding carboxylic acids is 1. The number of benzene rings is 1. The normalized spacial score (nSPS) is 9.44. The second-order valence-electron chi connectivity index (χ2n) is 3.14. The first-order chi connectivity index (χ1) is 7.74. The lowest BCUT2D eigenvalue weighted by molar-refractivity contribution is 0.0956. The number of nitrogen functional groups attached to an aromatic ring is 1. The van der Waals surface area contributed by atoms with Gasteiger partial charge in [0.05, 0.1) is 5.75 Å². The van der Waals surface area contributed by atoms with Crippen LogP contribution in [-0.2, 0) is 0 Å². The van der Waals surface area contributed by atoms with Crippen LogP contribution in [0.3, 0.4) is 0 Å². The zero-order valence-corrected chi connectivity index (χ0v) is 9.72. The molecule has 0 unspecified atom stereocenters. The van der Waals surface area contributed by atoms with Gasteiger partial charge >= 0.3 is 0 Å². The third-order valence-electron chi connectivity index (χ3n) is 1.87. The Bertz CT molecular complexity index is 398. The lowest BCUT2D eigenvalue weighted by Crippen LogP contribution is -2.25. The van der Waals surface area contributed by atoms with Crippen molar-refractivity contribution < 1.29 is 4.79 Å². The number of thioether (sulfide) groups is 1. The molecule has 84 valence electrons. The molecule has 3 nitrogen and oxygen atoms in total. The Hall–Kier alpha value is -1.60. The molecule has 0 fully saturated rings. The van der Waals surface area contributed by atoms with Crippen LogP contribution in [0.5, 0.6) is 0 Å². The summed E-state index contributed by atoms with van der Waals surface area (Å²) in [4.78, 5) is 11.6. The molecule has 1 amide bonds. The van der Waals surface area contributed by atoms with Crippen LogP contribution in [0, 0.1) is 12.3 Å². The number of terminal acetylenes is 1. The summed E-state index contributed by atoms with van der Waals surface area (Å²) in [5.74, 6) is 3.92. The fraction of sp³-hybridized carbons (Fsp3) is 0.250. The molecule has 1 rings (SSSR count). The predicted molar refractivity (Wildman–Crippen MR) is 69.3 cm³/mol. The van der Waals surface area contributed by atoms with E-state index in [1.54, 1.807) is 36.0 Å². The van der Waals surface area contributed by atoms with Gasteiger partial charge in [-0.15, -0.1) is 18.2 Å². The second kappa shape index (κ2) is 6.81. The lowest BCUT2D eigenvalue weighted by Gasteiger charge is -2.04. The monoisotopic (exact) mass is 234 g/mol. The average Bonchev–Trinajstić information content (AvgIpc) is 2.28. The number of anilines is 1. The van der Waals surface area contributed by atoms with Crippen LogP contribution in [0.4, 0.5) is 5.69 Å². The largest absolute Gasteiger partial charge is 0.399 e. The average molecular weight is 234 g/mol. The van der Waals surface area contributed by atoms with E-state index in [1.807, 2.05) is 0 Å². The van der Waals surface area contributed by atoms with Crippen molar-refractivity contribution in [1.82, 2.24) is 5.32 Å². The van der Waals surface area contributed by atoms with Crippen LogP contribution < -0.4 is 11.1 Å². The topological polar surface area (TPSA) is 55.1 Å². The highest BCUT2D eigenvalue weighted by Crippen LogP contribution is 2.06. The summed E-state index contributed by atoms with van der Waals surface area (Å²) in [6.45, 7) is 0.611. The maximum atomic E-state index is 11.6. The first kappa shape index (κ1) is 12.5. The van der Waals surface area contributed by atoms with Crippen LogP contribution in [0.25, 0.3) is 0 Å². The Balaban J connectivity index is 2.33. The molecule has 0 spiro atoms. The number of rotatable bonds is 5. The quantitative estimate of drug-likeness (QED) is 0.459. The van der Waals surface area contributed by atoms with Crippen LogP contribution >= 0.6 is 11.8 Å². The Morgan fingerprint density at radius 2 is 2.38 bits per heavy atom.